The van der Waals surface area contributed by atoms with Gasteiger partial charge in [-0.3, -0.25) is 4.90 Å². The van der Waals surface area contributed by atoms with Gasteiger partial charge in [-0.1, -0.05) is 29.9 Å². The third-order valence-corrected chi connectivity index (χ3v) is 7.75. The van der Waals surface area contributed by atoms with E-state index in [0.29, 0.717) is 12.4 Å². The van der Waals surface area contributed by atoms with Crippen molar-refractivity contribution in [2.75, 3.05) is 32.7 Å². The summed E-state index contributed by atoms with van der Waals surface area (Å²) < 4.78 is 5.73. The molecule has 0 saturated carbocycles. The third-order valence-electron chi connectivity index (χ3n) is 7.75. The number of nitrogens with zero attached hydrogens (tertiary/aromatic N) is 4. The Labute approximate surface area is 206 Å². The summed E-state index contributed by atoms with van der Waals surface area (Å²) in [5.41, 5.74) is 8.48. The number of oxazole rings is 1. The van der Waals surface area contributed by atoms with E-state index < -0.39 is 0 Å². The van der Waals surface area contributed by atoms with Crippen molar-refractivity contribution in [1.82, 2.24) is 25.5 Å². The minimum absolute atomic E-state index is 0.0580. The van der Waals surface area contributed by atoms with E-state index >= 15 is 0 Å². The molecule has 3 aliphatic heterocycles. The lowest BCUT2D eigenvalue weighted by atomic mass is 9.86. The molecule has 2 N–H and O–H groups in total. The van der Waals surface area contributed by atoms with Crippen molar-refractivity contribution in [3.8, 4) is 0 Å². The zero-order valence-corrected chi connectivity index (χ0v) is 20.4. The average Bonchev–Trinajstić information content (AvgIpc) is 3.46. The summed E-state index contributed by atoms with van der Waals surface area (Å²) >= 11 is 0. The van der Waals surface area contributed by atoms with Crippen molar-refractivity contribution < 1.29 is 9.21 Å². The number of carbonyl (C=O) groups is 1. The first-order valence-corrected chi connectivity index (χ1v) is 13.0. The van der Waals surface area contributed by atoms with Crippen LogP contribution in [0.15, 0.2) is 51.5 Å². The third kappa shape index (κ3) is 4.72. The highest BCUT2D eigenvalue weighted by atomic mass is 16.3. The number of allylic oxidation sites excluding steroid dienone is 3. The zero-order valence-electron chi connectivity index (χ0n) is 20.4. The summed E-state index contributed by atoms with van der Waals surface area (Å²) in [5.74, 6) is 0.834. The highest BCUT2D eigenvalue weighted by Gasteiger charge is 2.39. The van der Waals surface area contributed by atoms with Crippen molar-refractivity contribution in [3.63, 3.8) is 0 Å². The molecule has 35 heavy (non-hydrogen) atoms. The Morgan fingerprint density at radius 2 is 2.20 bits per heavy atom. The Balaban J connectivity index is 1.08. The fourth-order valence-corrected chi connectivity index (χ4v) is 5.94. The van der Waals surface area contributed by atoms with Gasteiger partial charge in [-0.15, -0.1) is 0 Å². The first-order valence-electron chi connectivity index (χ1n) is 13.0. The zero-order chi connectivity index (χ0) is 23.8. The van der Waals surface area contributed by atoms with Crippen LogP contribution < -0.4 is 10.7 Å². The van der Waals surface area contributed by atoms with E-state index in [2.05, 4.69) is 50.0 Å². The van der Waals surface area contributed by atoms with E-state index in [4.69, 9.17) is 4.42 Å². The summed E-state index contributed by atoms with van der Waals surface area (Å²) in [5, 5.41) is 8.01. The van der Waals surface area contributed by atoms with Gasteiger partial charge in [0, 0.05) is 50.6 Å². The Hall–Kier alpha value is -3.13. The number of hydrogen-bond acceptors (Lipinski definition) is 6. The summed E-state index contributed by atoms with van der Waals surface area (Å²) in [6.07, 6.45) is 12.0. The number of fused-ring (bicyclic) bond motifs is 2. The number of aromatic nitrogens is 1. The quantitative estimate of drug-likeness (QED) is 0.707. The lowest BCUT2D eigenvalue weighted by Gasteiger charge is -2.38. The molecule has 0 bridgehead atoms. The second kappa shape index (κ2) is 9.49. The number of likely N-dealkylation sites (tertiary alicyclic amines) is 2. The van der Waals surface area contributed by atoms with Gasteiger partial charge in [0.05, 0.1) is 11.8 Å². The van der Waals surface area contributed by atoms with Gasteiger partial charge in [0.15, 0.2) is 11.5 Å². The van der Waals surface area contributed by atoms with Crippen LogP contribution in [0.4, 0.5) is 4.79 Å². The van der Waals surface area contributed by atoms with Gasteiger partial charge in [-0.2, -0.15) is 5.10 Å². The molecule has 2 fully saturated rings. The highest BCUT2D eigenvalue weighted by molar-refractivity contribution is 6.05. The predicted octanol–water partition coefficient (Wildman–Crippen LogP) is 3.58. The van der Waals surface area contributed by atoms with Crippen LogP contribution in [0.1, 0.15) is 43.6 Å². The molecule has 1 aromatic carbocycles. The smallest absolute Gasteiger partial charge is 0.317 e. The number of rotatable bonds is 4. The standard InChI is InChI=1S/C27H34N6O2/c1-18-28-24-10-9-20(14-25(24)35-18)26-22-17-33(13-11-23(22)30-31-26)27(34)29-21-8-5-12-32(16-21)15-19-6-3-2-4-7-19/h2-3,6,9-10,14,21-23,30H,4-5,7-8,11-13,15-17H2,1H3,(H,29,34)/t21-,22?,23?/m1/s1. The van der Waals surface area contributed by atoms with Crippen LogP contribution in [0.3, 0.4) is 0 Å². The maximum atomic E-state index is 13.3. The van der Waals surface area contributed by atoms with Crippen LogP contribution in [0, 0.1) is 12.8 Å². The Kier molecular flexibility index (Phi) is 6.06. The molecular formula is C27H34N6O2. The minimum atomic E-state index is 0.0580. The van der Waals surface area contributed by atoms with Gasteiger partial charge in [-0.25, -0.2) is 9.78 Å². The van der Waals surface area contributed by atoms with Crippen molar-refractivity contribution >= 4 is 22.8 Å². The fraction of sp³-hybridized carbons (Fsp3) is 0.519. The molecule has 2 saturated heterocycles. The molecule has 0 spiro atoms. The van der Waals surface area contributed by atoms with Crippen molar-refractivity contribution in [3.05, 3.63) is 53.5 Å². The molecule has 6 rings (SSSR count). The predicted molar refractivity (Wildman–Crippen MR) is 136 cm³/mol. The molecule has 0 radical (unpaired) electrons. The number of amides is 2. The van der Waals surface area contributed by atoms with Gasteiger partial charge in [0.25, 0.3) is 0 Å². The van der Waals surface area contributed by atoms with Gasteiger partial charge >= 0.3 is 6.03 Å². The number of aryl methyl sites for hydroxylation is 1. The molecule has 1 aromatic heterocycles. The second-order valence-corrected chi connectivity index (χ2v) is 10.3. The second-order valence-electron chi connectivity index (χ2n) is 10.3. The maximum absolute atomic E-state index is 13.3. The van der Waals surface area contributed by atoms with E-state index in [1.807, 2.05) is 24.0 Å². The number of nitrogens with one attached hydrogen (secondary N) is 2. The molecule has 184 valence electrons. The molecule has 4 heterocycles. The van der Waals surface area contributed by atoms with Gasteiger partial charge in [0.2, 0.25) is 0 Å². The molecule has 8 nitrogen and oxygen atoms in total. The van der Waals surface area contributed by atoms with E-state index in [9.17, 15) is 4.79 Å². The largest absolute Gasteiger partial charge is 0.441 e. The van der Waals surface area contributed by atoms with Crippen LogP contribution in [-0.4, -0.2) is 71.3 Å². The molecule has 2 aromatic rings. The van der Waals surface area contributed by atoms with E-state index in [1.165, 1.54) is 5.57 Å². The van der Waals surface area contributed by atoms with Crippen molar-refractivity contribution in [1.29, 1.82) is 0 Å². The summed E-state index contributed by atoms with van der Waals surface area (Å²) in [7, 11) is 0. The monoisotopic (exact) mass is 474 g/mol. The van der Waals surface area contributed by atoms with Gasteiger partial charge in [0.1, 0.15) is 5.52 Å². The molecule has 1 aliphatic carbocycles. The van der Waals surface area contributed by atoms with Crippen LogP contribution >= 0.6 is 0 Å². The van der Waals surface area contributed by atoms with Crippen LogP contribution in [0.25, 0.3) is 11.1 Å². The average molecular weight is 475 g/mol. The van der Waals surface area contributed by atoms with Crippen LogP contribution in [0.5, 0.6) is 0 Å². The number of hydrogen-bond donors (Lipinski definition) is 2. The Morgan fingerprint density at radius 3 is 3.09 bits per heavy atom. The lowest BCUT2D eigenvalue weighted by Crippen LogP contribution is -2.56. The molecule has 2 amide bonds. The summed E-state index contributed by atoms with van der Waals surface area (Å²) in [4.78, 5) is 22.1. The fourth-order valence-electron chi connectivity index (χ4n) is 5.94. The van der Waals surface area contributed by atoms with E-state index in [-0.39, 0.29) is 24.0 Å². The number of urea groups is 1. The number of piperidine rings is 2. The van der Waals surface area contributed by atoms with Crippen molar-refractivity contribution in [2.24, 2.45) is 11.0 Å². The Morgan fingerprint density at radius 1 is 1.26 bits per heavy atom. The van der Waals surface area contributed by atoms with Crippen LogP contribution in [0.2, 0.25) is 0 Å². The Bertz CT molecular complexity index is 1200. The van der Waals surface area contributed by atoms with Gasteiger partial charge in [-0.05, 0) is 50.8 Å². The SMILES string of the molecule is Cc1nc2ccc(C3=NNC4CCN(C(=O)N[C@@H]5CCCN(CC6=CC=CCC6)C5)CC34)cc2o1. The summed E-state index contributed by atoms with van der Waals surface area (Å²) in [6, 6.07) is 6.59. The first-order chi connectivity index (χ1) is 17.1. The topological polar surface area (TPSA) is 86.0 Å². The van der Waals surface area contributed by atoms with Gasteiger partial charge < -0.3 is 20.1 Å². The molecule has 4 aliphatic rings. The van der Waals surface area contributed by atoms with Crippen LogP contribution in [-0.2, 0) is 0 Å². The van der Waals surface area contributed by atoms with Crippen molar-refractivity contribution in [2.45, 2.75) is 51.1 Å². The summed E-state index contributed by atoms with van der Waals surface area (Å²) in [6.45, 7) is 6.34. The molecule has 3 atom stereocenters. The lowest BCUT2D eigenvalue weighted by molar-refractivity contribution is 0.152. The molecule has 2 unspecified atom stereocenters. The highest BCUT2D eigenvalue weighted by Crippen LogP contribution is 2.28. The normalized spacial score (nSPS) is 26.8. The molecule has 8 heteroatoms. The molecular weight excluding hydrogens is 440 g/mol. The number of benzene rings is 1. The first kappa shape index (κ1) is 22.3. The number of hydrazone groups is 1. The number of carbonyl (C=O) groups excluding carboxylic acids is 1. The minimum Gasteiger partial charge on any atom is -0.441 e. The van der Waals surface area contributed by atoms with E-state index in [1.54, 1.807) is 0 Å². The van der Waals surface area contributed by atoms with E-state index in [0.717, 1.165) is 80.7 Å². The maximum Gasteiger partial charge on any atom is 0.317 e.